The fourth-order valence-corrected chi connectivity index (χ4v) is 2.08. The van der Waals surface area contributed by atoms with Crippen LogP contribution in [0.5, 0.6) is 0 Å². The molecule has 0 radical (unpaired) electrons. The molecule has 0 aromatic heterocycles. The van der Waals surface area contributed by atoms with Gasteiger partial charge in [-0.05, 0) is 25.7 Å². The topological polar surface area (TPSA) is 20.2 Å². The predicted molar refractivity (Wildman–Crippen MR) is 77.3 cm³/mol. The Morgan fingerprint density at radius 1 is 0.824 bits per heavy atom. The number of rotatable bonds is 11. The molecule has 0 rings (SSSR count). The van der Waals surface area contributed by atoms with Crippen LogP contribution in [-0.4, -0.2) is 10.7 Å². The van der Waals surface area contributed by atoms with Gasteiger partial charge < -0.3 is 5.11 Å². The molecule has 0 fully saturated rings. The first-order chi connectivity index (χ1) is 8.18. The Morgan fingerprint density at radius 2 is 1.35 bits per heavy atom. The van der Waals surface area contributed by atoms with Crippen molar-refractivity contribution < 1.29 is 5.11 Å². The van der Waals surface area contributed by atoms with Crippen molar-refractivity contribution in [1.29, 1.82) is 0 Å². The Balaban J connectivity index is 4.02. The fourth-order valence-electron chi connectivity index (χ4n) is 2.08. The van der Waals surface area contributed by atoms with E-state index in [-0.39, 0.29) is 0 Å². The molecule has 1 nitrogen and oxygen atoms in total. The summed E-state index contributed by atoms with van der Waals surface area (Å²) in [5.74, 6) is 0. The van der Waals surface area contributed by atoms with Crippen molar-refractivity contribution in [3.63, 3.8) is 0 Å². The lowest BCUT2D eigenvalue weighted by molar-refractivity contribution is 0.0214. The third-order valence-electron chi connectivity index (χ3n) is 3.38. The molecular formula is C16H32O. The van der Waals surface area contributed by atoms with E-state index in [0.717, 1.165) is 38.5 Å². The maximum Gasteiger partial charge on any atom is 0.0682 e. The zero-order valence-electron chi connectivity index (χ0n) is 12.2. The lowest BCUT2D eigenvalue weighted by Gasteiger charge is -2.27. The van der Waals surface area contributed by atoms with E-state index in [0.29, 0.717) is 0 Å². The van der Waals surface area contributed by atoms with Gasteiger partial charge in [-0.25, -0.2) is 0 Å². The van der Waals surface area contributed by atoms with Crippen LogP contribution in [0, 0.1) is 0 Å². The van der Waals surface area contributed by atoms with Crippen molar-refractivity contribution in [2.45, 2.75) is 90.6 Å². The van der Waals surface area contributed by atoms with Gasteiger partial charge >= 0.3 is 0 Å². The number of allylic oxidation sites excluding steroid dienone is 1. The highest BCUT2D eigenvalue weighted by molar-refractivity contribution is 4.91. The van der Waals surface area contributed by atoms with E-state index in [4.69, 9.17) is 0 Å². The molecule has 17 heavy (non-hydrogen) atoms. The summed E-state index contributed by atoms with van der Waals surface area (Å²) in [7, 11) is 0. The molecule has 0 aliphatic rings. The van der Waals surface area contributed by atoms with Gasteiger partial charge in [-0.3, -0.25) is 0 Å². The lowest BCUT2D eigenvalue weighted by Crippen LogP contribution is -2.27. The largest absolute Gasteiger partial charge is 0.390 e. The third kappa shape index (κ3) is 9.41. The second-order valence-corrected chi connectivity index (χ2v) is 5.25. The highest BCUT2D eigenvalue weighted by Gasteiger charge is 2.23. The Bertz CT molecular complexity index is 176. The van der Waals surface area contributed by atoms with Crippen LogP contribution in [0.3, 0.4) is 0 Å². The molecule has 0 aliphatic heterocycles. The molecule has 102 valence electrons. The van der Waals surface area contributed by atoms with E-state index in [1.807, 2.05) is 0 Å². The zero-order valence-corrected chi connectivity index (χ0v) is 12.2. The molecule has 0 bridgehead atoms. The van der Waals surface area contributed by atoms with Crippen LogP contribution in [-0.2, 0) is 0 Å². The van der Waals surface area contributed by atoms with E-state index in [9.17, 15) is 5.11 Å². The van der Waals surface area contributed by atoms with Gasteiger partial charge in [0.2, 0.25) is 0 Å². The van der Waals surface area contributed by atoms with Gasteiger partial charge in [-0.1, -0.05) is 71.4 Å². The minimum atomic E-state index is -0.436. The summed E-state index contributed by atoms with van der Waals surface area (Å²) in [6.07, 6.45) is 15.5. The van der Waals surface area contributed by atoms with E-state index >= 15 is 0 Å². The van der Waals surface area contributed by atoms with Crippen molar-refractivity contribution in [1.82, 2.24) is 0 Å². The number of hydrogen-bond acceptors (Lipinski definition) is 1. The predicted octanol–water partition coefficient (Wildman–Crippen LogP) is 5.23. The highest BCUT2D eigenvalue weighted by Crippen LogP contribution is 2.25. The molecule has 0 amide bonds. The smallest absolute Gasteiger partial charge is 0.0682 e. The standard InChI is InChI=1S/C16H32O/c1-4-7-10-11-12-15-16(17,13-8-5-2)14-9-6-3/h11-12,17H,4-10,13-15H2,1-3H3. The van der Waals surface area contributed by atoms with E-state index < -0.39 is 5.60 Å². The van der Waals surface area contributed by atoms with Gasteiger partial charge in [0.15, 0.2) is 0 Å². The van der Waals surface area contributed by atoms with Crippen LogP contribution >= 0.6 is 0 Å². The maximum atomic E-state index is 10.6. The van der Waals surface area contributed by atoms with Crippen LogP contribution in [0.1, 0.15) is 85.0 Å². The van der Waals surface area contributed by atoms with Gasteiger partial charge in [0.1, 0.15) is 0 Å². The van der Waals surface area contributed by atoms with Crippen molar-refractivity contribution >= 4 is 0 Å². The van der Waals surface area contributed by atoms with Gasteiger partial charge in [-0.15, -0.1) is 0 Å². The van der Waals surface area contributed by atoms with Crippen LogP contribution in [0.15, 0.2) is 12.2 Å². The van der Waals surface area contributed by atoms with Crippen molar-refractivity contribution in [2.75, 3.05) is 0 Å². The quantitative estimate of drug-likeness (QED) is 0.387. The minimum absolute atomic E-state index is 0.436. The Morgan fingerprint density at radius 3 is 1.82 bits per heavy atom. The van der Waals surface area contributed by atoms with Gasteiger partial charge in [0.25, 0.3) is 0 Å². The summed E-state index contributed by atoms with van der Waals surface area (Å²) < 4.78 is 0. The SMILES string of the molecule is CCCCC=CCC(O)(CCCC)CCCC. The molecule has 1 heteroatoms. The Labute approximate surface area is 108 Å². The van der Waals surface area contributed by atoms with E-state index in [1.165, 1.54) is 25.7 Å². The second-order valence-electron chi connectivity index (χ2n) is 5.25. The zero-order chi connectivity index (χ0) is 13.0. The van der Waals surface area contributed by atoms with E-state index in [2.05, 4.69) is 32.9 Å². The van der Waals surface area contributed by atoms with E-state index in [1.54, 1.807) is 0 Å². The Kier molecular flexibility index (Phi) is 10.6. The first kappa shape index (κ1) is 16.7. The first-order valence-electron chi connectivity index (χ1n) is 7.56. The summed E-state index contributed by atoms with van der Waals surface area (Å²) in [4.78, 5) is 0. The second kappa shape index (κ2) is 10.8. The molecule has 0 heterocycles. The van der Waals surface area contributed by atoms with Gasteiger partial charge in [-0.2, -0.15) is 0 Å². The van der Waals surface area contributed by atoms with Crippen LogP contribution in [0.2, 0.25) is 0 Å². The van der Waals surface area contributed by atoms with Crippen LogP contribution < -0.4 is 0 Å². The monoisotopic (exact) mass is 240 g/mol. The molecule has 0 atom stereocenters. The van der Waals surface area contributed by atoms with Gasteiger partial charge in [0.05, 0.1) is 5.60 Å². The van der Waals surface area contributed by atoms with Crippen molar-refractivity contribution in [3.05, 3.63) is 12.2 Å². The normalized spacial score (nSPS) is 12.5. The molecule has 0 spiro atoms. The average molecular weight is 240 g/mol. The summed E-state index contributed by atoms with van der Waals surface area (Å²) >= 11 is 0. The number of hydrogen-bond donors (Lipinski definition) is 1. The minimum Gasteiger partial charge on any atom is -0.390 e. The number of unbranched alkanes of at least 4 members (excludes halogenated alkanes) is 4. The summed E-state index contributed by atoms with van der Waals surface area (Å²) in [6.45, 7) is 6.60. The van der Waals surface area contributed by atoms with Crippen LogP contribution in [0.4, 0.5) is 0 Å². The molecule has 0 saturated carbocycles. The summed E-state index contributed by atoms with van der Waals surface area (Å²) in [5.41, 5.74) is -0.436. The molecule has 1 N–H and O–H groups in total. The maximum absolute atomic E-state index is 10.6. The summed E-state index contributed by atoms with van der Waals surface area (Å²) in [6, 6.07) is 0. The highest BCUT2D eigenvalue weighted by atomic mass is 16.3. The molecule has 0 aromatic rings. The lowest BCUT2D eigenvalue weighted by atomic mass is 9.87. The van der Waals surface area contributed by atoms with Crippen LogP contribution in [0.25, 0.3) is 0 Å². The van der Waals surface area contributed by atoms with Crippen molar-refractivity contribution in [2.24, 2.45) is 0 Å². The molecular weight excluding hydrogens is 208 g/mol. The van der Waals surface area contributed by atoms with Gasteiger partial charge in [0, 0.05) is 0 Å². The third-order valence-corrected chi connectivity index (χ3v) is 3.38. The molecule has 0 saturated heterocycles. The fraction of sp³-hybridized carbons (Fsp3) is 0.875. The summed E-state index contributed by atoms with van der Waals surface area (Å²) in [5, 5.41) is 10.6. The molecule has 0 aliphatic carbocycles. The van der Waals surface area contributed by atoms with Crippen molar-refractivity contribution in [3.8, 4) is 0 Å². The molecule has 0 aromatic carbocycles. The average Bonchev–Trinajstić information content (AvgIpc) is 2.34. The Hall–Kier alpha value is -0.300. The molecule has 0 unspecified atom stereocenters. The number of aliphatic hydroxyl groups is 1. The first-order valence-corrected chi connectivity index (χ1v) is 7.56.